The lowest BCUT2D eigenvalue weighted by Crippen LogP contribution is -2.07. The molecule has 0 aliphatic heterocycles. The maximum atomic E-state index is 8.84. The van der Waals surface area contributed by atoms with Crippen molar-refractivity contribution >= 4 is 5.71 Å². The molecule has 0 amide bonds. The maximum Gasteiger partial charge on any atom is 0.119 e. The number of hydrogen-bond donors (Lipinski definition) is 1. The van der Waals surface area contributed by atoms with Crippen LogP contribution in [0.5, 0.6) is 5.75 Å². The summed E-state index contributed by atoms with van der Waals surface area (Å²) in [6, 6.07) is 7.54. The Kier molecular flexibility index (Phi) is 8.42. The molecule has 1 N–H and O–H groups in total. The van der Waals surface area contributed by atoms with Gasteiger partial charge < -0.3 is 19.4 Å². The van der Waals surface area contributed by atoms with Crippen molar-refractivity contribution in [2.75, 3.05) is 33.5 Å². The Bertz CT molecular complexity index is 389. The van der Waals surface area contributed by atoms with Crippen LogP contribution in [0.25, 0.3) is 0 Å². The van der Waals surface area contributed by atoms with Crippen LogP contribution >= 0.6 is 0 Å². The van der Waals surface area contributed by atoms with Gasteiger partial charge in [-0.15, -0.1) is 0 Å². The van der Waals surface area contributed by atoms with Crippen LogP contribution in [0.1, 0.15) is 25.3 Å². The summed E-state index contributed by atoms with van der Waals surface area (Å²) in [5.74, 6) is 0.805. The van der Waals surface area contributed by atoms with Gasteiger partial charge in [0, 0.05) is 20.1 Å². The Morgan fingerprint density at radius 1 is 1.10 bits per heavy atom. The Morgan fingerprint density at radius 3 is 2.45 bits per heavy atom. The average Bonchev–Trinajstić information content (AvgIpc) is 2.49. The Hall–Kier alpha value is -1.59. The summed E-state index contributed by atoms with van der Waals surface area (Å²) in [5, 5.41) is 12.1. The van der Waals surface area contributed by atoms with Gasteiger partial charge in [-0.2, -0.15) is 0 Å². The fourth-order valence-electron chi connectivity index (χ4n) is 1.67. The van der Waals surface area contributed by atoms with E-state index >= 15 is 0 Å². The monoisotopic (exact) mass is 281 g/mol. The van der Waals surface area contributed by atoms with E-state index in [1.165, 1.54) is 0 Å². The van der Waals surface area contributed by atoms with Gasteiger partial charge in [0.15, 0.2) is 0 Å². The van der Waals surface area contributed by atoms with Gasteiger partial charge in [0.25, 0.3) is 0 Å². The van der Waals surface area contributed by atoms with E-state index in [9.17, 15) is 0 Å². The summed E-state index contributed by atoms with van der Waals surface area (Å²) in [7, 11) is 1.65. The Labute approximate surface area is 120 Å². The van der Waals surface area contributed by atoms with E-state index in [-0.39, 0.29) is 0 Å². The first-order chi connectivity index (χ1) is 9.81. The number of rotatable bonds is 10. The zero-order valence-electron chi connectivity index (χ0n) is 12.2. The van der Waals surface area contributed by atoms with E-state index in [2.05, 4.69) is 5.16 Å². The van der Waals surface area contributed by atoms with E-state index in [1.54, 1.807) is 7.11 Å². The molecule has 0 aliphatic rings. The predicted molar refractivity (Wildman–Crippen MR) is 77.9 cm³/mol. The topological polar surface area (TPSA) is 60.3 Å². The van der Waals surface area contributed by atoms with Crippen LogP contribution < -0.4 is 4.74 Å². The van der Waals surface area contributed by atoms with E-state index < -0.39 is 0 Å². The quantitative estimate of drug-likeness (QED) is 0.310. The number of benzene rings is 1. The molecule has 0 unspecified atom stereocenters. The summed E-state index contributed by atoms with van der Waals surface area (Å²) in [5.41, 5.74) is 1.58. The molecule has 0 aliphatic carbocycles. The molecule has 1 aromatic carbocycles. The maximum absolute atomic E-state index is 8.84. The number of ether oxygens (including phenoxy) is 3. The van der Waals surface area contributed by atoms with Crippen LogP contribution in [0.3, 0.4) is 0 Å². The minimum Gasteiger partial charge on any atom is -0.494 e. The minimum absolute atomic E-state index is 0.612. The highest BCUT2D eigenvalue weighted by Gasteiger charge is 2.02. The Morgan fingerprint density at radius 2 is 1.85 bits per heavy atom. The molecule has 0 fully saturated rings. The highest BCUT2D eigenvalue weighted by atomic mass is 16.5. The summed E-state index contributed by atoms with van der Waals surface area (Å²) in [6.45, 7) is 4.46. The third-order valence-corrected chi connectivity index (χ3v) is 2.78. The first-order valence-electron chi connectivity index (χ1n) is 6.82. The van der Waals surface area contributed by atoms with Crippen LogP contribution in [0, 0.1) is 0 Å². The molecule has 0 aromatic heterocycles. The number of methoxy groups -OCH3 is 1. The molecule has 0 saturated heterocycles. The van der Waals surface area contributed by atoms with Gasteiger partial charge in [-0.3, -0.25) is 0 Å². The lowest BCUT2D eigenvalue weighted by atomic mass is 10.1. The van der Waals surface area contributed by atoms with Crippen molar-refractivity contribution in [3.05, 3.63) is 29.8 Å². The molecule has 5 heteroatoms. The molecule has 112 valence electrons. The number of hydrogen-bond acceptors (Lipinski definition) is 5. The van der Waals surface area contributed by atoms with E-state index in [0.717, 1.165) is 17.7 Å². The SMILES string of the molecule is CC/C(=N/O)c1ccc(OCCCOCCOC)cc1. The molecule has 1 aromatic rings. The van der Waals surface area contributed by atoms with Crippen molar-refractivity contribution in [3.63, 3.8) is 0 Å². The van der Waals surface area contributed by atoms with Gasteiger partial charge in [0.1, 0.15) is 5.75 Å². The fourth-order valence-corrected chi connectivity index (χ4v) is 1.67. The van der Waals surface area contributed by atoms with Crippen LogP contribution in [0.2, 0.25) is 0 Å². The molecule has 0 radical (unpaired) electrons. The molecule has 0 atom stereocenters. The first-order valence-corrected chi connectivity index (χ1v) is 6.82. The van der Waals surface area contributed by atoms with Gasteiger partial charge in [0.05, 0.1) is 25.5 Å². The molecule has 5 nitrogen and oxygen atoms in total. The van der Waals surface area contributed by atoms with E-state index in [1.807, 2.05) is 31.2 Å². The molecule has 0 bridgehead atoms. The fraction of sp³-hybridized carbons (Fsp3) is 0.533. The molecular formula is C15H23NO4. The van der Waals surface area contributed by atoms with Crippen LogP contribution in [0.15, 0.2) is 29.4 Å². The van der Waals surface area contributed by atoms with Gasteiger partial charge >= 0.3 is 0 Å². The molecule has 0 heterocycles. The average molecular weight is 281 g/mol. The van der Waals surface area contributed by atoms with Crippen LogP contribution in [-0.4, -0.2) is 44.5 Å². The predicted octanol–water partition coefficient (Wildman–Crippen LogP) is 2.71. The second kappa shape index (κ2) is 10.2. The third kappa shape index (κ3) is 6.04. The molecule has 0 saturated carbocycles. The smallest absolute Gasteiger partial charge is 0.119 e. The van der Waals surface area contributed by atoms with Crippen molar-refractivity contribution in [2.45, 2.75) is 19.8 Å². The number of oxime groups is 1. The summed E-state index contributed by atoms with van der Waals surface area (Å²) >= 11 is 0. The highest BCUT2D eigenvalue weighted by Crippen LogP contribution is 2.14. The second-order valence-corrected chi connectivity index (χ2v) is 4.23. The van der Waals surface area contributed by atoms with E-state index in [0.29, 0.717) is 38.6 Å². The number of nitrogens with zero attached hydrogens (tertiary/aromatic N) is 1. The largest absolute Gasteiger partial charge is 0.494 e. The van der Waals surface area contributed by atoms with Gasteiger partial charge in [0.2, 0.25) is 0 Å². The van der Waals surface area contributed by atoms with Crippen molar-refractivity contribution in [3.8, 4) is 5.75 Å². The lowest BCUT2D eigenvalue weighted by Gasteiger charge is -2.08. The zero-order valence-corrected chi connectivity index (χ0v) is 12.2. The lowest BCUT2D eigenvalue weighted by molar-refractivity contribution is 0.0644. The zero-order chi connectivity index (χ0) is 14.6. The highest BCUT2D eigenvalue weighted by molar-refractivity contribution is 6.00. The van der Waals surface area contributed by atoms with Crippen molar-refractivity contribution in [1.82, 2.24) is 0 Å². The molecule has 20 heavy (non-hydrogen) atoms. The van der Waals surface area contributed by atoms with Crippen molar-refractivity contribution in [2.24, 2.45) is 5.16 Å². The van der Waals surface area contributed by atoms with Crippen molar-refractivity contribution in [1.29, 1.82) is 0 Å². The molecule has 0 spiro atoms. The minimum atomic E-state index is 0.612. The van der Waals surface area contributed by atoms with Crippen LogP contribution in [-0.2, 0) is 9.47 Å². The third-order valence-electron chi connectivity index (χ3n) is 2.78. The normalized spacial score (nSPS) is 11.6. The van der Waals surface area contributed by atoms with Crippen LogP contribution in [0.4, 0.5) is 0 Å². The standard InChI is InChI=1S/C15H23NO4/c1-3-15(16-17)13-5-7-14(8-6-13)20-10-4-9-19-12-11-18-2/h5-8,17H,3-4,9-12H2,1-2H3/b16-15-. The van der Waals surface area contributed by atoms with Gasteiger partial charge in [-0.25, -0.2) is 0 Å². The molecular weight excluding hydrogens is 258 g/mol. The van der Waals surface area contributed by atoms with E-state index in [4.69, 9.17) is 19.4 Å². The summed E-state index contributed by atoms with van der Waals surface area (Å²) in [6.07, 6.45) is 1.53. The summed E-state index contributed by atoms with van der Waals surface area (Å²) in [4.78, 5) is 0. The summed E-state index contributed by atoms with van der Waals surface area (Å²) < 4.78 is 15.8. The second-order valence-electron chi connectivity index (χ2n) is 4.23. The first kappa shape index (κ1) is 16.5. The van der Waals surface area contributed by atoms with Crippen molar-refractivity contribution < 1.29 is 19.4 Å². The molecule has 1 rings (SSSR count). The van der Waals surface area contributed by atoms with Gasteiger partial charge in [-0.05, 0) is 36.2 Å². The van der Waals surface area contributed by atoms with Gasteiger partial charge in [-0.1, -0.05) is 12.1 Å². The Balaban J connectivity index is 2.25.